The number of thioether (sulfide) groups is 1. The second-order valence-corrected chi connectivity index (χ2v) is 12.3. The van der Waals surface area contributed by atoms with Gasteiger partial charge < -0.3 is 30.5 Å². The second-order valence-electron chi connectivity index (χ2n) is 10.3. The molecule has 0 aromatic carbocycles. The van der Waals surface area contributed by atoms with E-state index in [9.17, 15) is 29.2 Å². The number of hydrogen-bond donors (Lipinski definition) is 3. The maximum atomic E-state index is 12.9. The molecule has 0 radical (unpaired) electrons. The van der Waals surface area contributed by atoms with Crippen LogP contribution >= 0.6 is 23.1 Å². The number of anilines is 1. The van der Waals surface area contributed by atoms with E-state index >= 15 is 0 Å². The third-order valence-corrected chi connectivity index (χ3v) is 8.32. The third kappa shape index (κ3) is 6.56. The van der Waals surface area contributed by atoms with Crippen LogP contribution in [-0.4, -0.2) is 92.8 Å². The largest absolute Gasteiger partial charge is 0.448 e. The molecule has 2 saturated heterocycles. The number of nitrogen functional groups attached to an aromatic ring is 1. The van der Waals surface area contributed by atoms with E-state index in [2.05, 4.69) is 15.5 Å². The monoisotopic (exact) mass is 610 g/mol. The van der Waals surface area contributed by atoms with Gasteiger partial charge in [0.05, 0.1) is 10.8 Å². The fourth-order valence-corrected chi connectivity index (χ4v) is 6.06. The average molecular weight is 611 g/mol. The Balaban J connectivity index is 1.27. The van der Waals surface area contributed by atoms with Gasteiger partial charge in [0.15, 0.2) is 10.8 Å². The minimum absolute atomic E-state index is 0.0404. The van der Waals surface area contributed by atoms with Crippen molar-refractivity contribution in [2.24, 2.45) is 16.5 Å². The van der Waals surface area contributed by atoms with Gasteiger partial charge in [-0.2, -0.15) is 0 Å². The Hall–Kier alpha value is -3.86. The Kier molecular flexibility index (Phi) is 9.06. The van der Waals surface area contributed by atoms with Crippen LogP contribution in [0.25, 0.3) is 0 Å². The molecule has 2 fully saturated rings. The second kappa shape index (κ2) is 12.3. The maximum Gasteiger partial charge on any atom is 0.411 e. The molecule has 222 valence electrons. The number of amides is 3. The molecule has 17 heteroatoms. The summed E-state index contributed by atoms with van der Waals surface area (Å²) in [6.07, 6.45) is 1.13. The SMILES string of the molecule is CC(C)(C)C(=O)OCOC(=O)C1=CCSC2C(COC(=O)N3CCCC3NC(=O)/C(=N\O)c3csc(N)n3)C(=O)N12. The van der Waals surface area contributed by atoms with E-state index in [1.54, 1.807) is 26.8 Å². The van der Waals surface area contributed by atoms with Crippen molar-refractivity contribution in [2.45, 2.75) is 45.2 Å². The van der Waals surface area contributed by atoms with Gasteiger partial charge in [0.1, 0.15) is 30.1 Å². The maximum absolute atomic E-state index is 12.9. The van der Waals surface area contributed by atoms with E-state index in [1.165, 1.54) is 26.9 Å². The highest BCUT2D eigenvalue weighted by Crippen LogP contribution is 2.42. The molecule has 3 unspecified atom stereocenters. The number of ether oxygens (including phenoxy) is 3. The summed E-state index contributed by atoms with van der Waals surface area (Å²) in [6, 6.07) is 0. The Labute approximate surface area is 243 Å². The lowest BCUT2D eigenvalue weighted by Crippen LogP contribution is -2.62. The number of nitrogens with two attached hydrogens (primary N) is 1. The highest BCUT2D eigenvalue weighted by molar-refractivity contribution is 8.00. The molecule has 0 aliphatic carbocycles. The number of β-lactam (4-membered cyclic amide) rings is 1. The van der Waals surface area contributed by atoms with E-state index in [0.717, 1.165) is 11.3 Å². The number of esters is 2. The first-order valence-corrected chi connectivity index (χ1v) is 14.5. The predicted molar refractivity (Wildman–Crippen MR) is 145 cm³/mol. The lowest BCUT2D eigenvalue weighted by atomic mass is 9.97. The summed E-state index contributed by atoms with van der Waals surface area (Å²) >= 11 is 2.47. The molecule has 3 aliphatic rings. The normalized spacial score (nSPS) is 22.3. The fourth-order valence-electron chi connectivity index (χ4n) is 4.26. The number of carbonyl (C=O) groups excluding carboxylic acids is 5. The number of nitrogens with one attached hydrogen (secondary N) is 1. The summed E-state index contributed by atoms with van der Waals surface area (Å²) in [4.78, 5) is 69.4. The van der Waals surface area contributed by atoms with Crippen LogP contribution < -0.4 is 11.1 Å². The summed E-state index contributed by atoms with van der Waals surface area (Å²) in [6.45, 7) is 4.49. The van der Waals surface area contributed by atoms with Gasteiger partial charge in [0.2, 0.25) is 12.7 Å². The zero-order chi connectivity index (χ0) is 29.9. The molecule has 4 heterocycles. The van der Waals surface area contributed by atoms with E-state index in [4.69, 9.17) is 19.9 Å². The Morgan fingerprint density at radius 2 is 2.00 bits per heavy atom. The van der Waals surface area contributed by atoms with Crippen molar-refractivity contribution in [2.75, 3.05) is 31.4 Å². The summed E-state index contributed by atoms with van der Waals surface area (Å²) in [5.41, 5.74) is 4.62. The first-order chi connectivity index (χ1) is 19.4. The molecule has 0 saturated carbocycles. The quantitative estimate of drug-likeness (QED) is 0.0945. The molecule has 41 heavy (non-hydrogen) atoms. The molecular weight excluding hydrogens is 580 g/mol. The van der Waals surface area contributed by atoms with E-state index in [1.807, 2.05) is 0 Å². The number of thiazole rings is 1. The molecule has 4 N–H and O–H groups in total. The van der Waals surface area contributed by atoms with Crippen molar-refractivity contribution < 1.29 is 43.4 Å². The number of likely N-dealkylation sites (tertiary alicyclic amines) is 1. The molecule has 0 spiro atoms. The number of aromatic nitrogens is 1. The van der Waals surface area contributed by atoms with Crippen molar-refractivity contribution in [3.8, 4) is 0 Å². The van der Waals surface area contributed by atoms with Crippen molar-refractivity contribution in [3.63, 3.8) is 0 Å². The van der Waals surface area contributed by atoms with Crippen molar-refractivity contribution in [3.05, 3.63) is 22.8 Å². The standard InChI is InChI=1S/C24H30N6O9S2/c1-24(2,3)21(34)39-11-38-20(33)14-6-8-40-19-12(18(32)30(14)19)9-37-23(35)29-7-4-5-15(29)27-17(31)16(28-36)13-10-41-22(25)26-13/h6,10,12,15,19,36H,4-5,7-9,11H2,1-3H3,(H2,25,26)(H,27,31)/b28-16-. The van der Waals surface area contributed by atoms with Gasteiger partial charge in [-0.15, -0.1) is 23.1 Å². The zero-order valence-corrected chi connectivity index (χ0v) is 24.2. The van der Waals surface area contributed by atoms with Crippen LogP contribution in [-0.2, 0) is 33.4 Å². The molecule has 3 amide bonds. The van der Waals surface area contributed by atoms with Gasteiger partial charge in [0, 0.05) is 17.7 Å². The highest BCUT2D eigenvalue weighted by atomic mass is 32.2. The molecule has 15 nitrogen and oxygen atoms in total. The third-order valence-electron chi connectivity index (χ3n) is 6.41. The van der Waals surface area contributed by atoms with Gasteiger partial charge in [-0.05, 0) is 39.7 Å². The summed E-state index contributed by atoms with van der Waals surface area (Å²) in [5.74, 6) is -2.76. The topological polar surface area (TPSA) is 203 Å². The number of nitrogens with zero attached hydrogens (tertiary/aromatic N) is 4. The number of carbonyl (C=O) groups is 5. The fraction of sp³-hybridized carbons (Fsp3) is 0.542. The van der Waals surface area contributed by atoms with Crippen LogP contribution in [0.15, 0.2) is 22.3 Å². The molecular formula is C24H30N6O9S2. The zero-order valence-electron chi connectivity index (χ0n) is 22.5. The summed E-state index contributed by atoms with van der Waals surface area (Å²) in [5, 5.41) is 16.2. The molecule has 3 atom stereocenters. The number of oxime groups is 1. The van der Waals surface area contributed by atoms with Crippen molar-refractivity contribution in [1.82, 2.24) is 20.1 Å². The van der Waals surface area contributed by atoms with E-state index in [0.29, 0.717) is 25.1 Å². The van der Waals surface area contributed by atoms with Gasteiger partial charge in [-0.3, -0.25) is 24.2 Å². The summed E-state index contributed by atoms with van der Waals surface area (Å²) in [7, 11) is 0. The molecule has 3 aliphatic heterocycles. The number of rotatable bonds is 8. The van der Waals surface area contributed by atoms with Crippen LogP contribution in [0.3, 0.4) is 0 Å². The first-order valence-electron chi connectivity index (χ1n) is 12.6. The van der Waals surface area contributed by atoms with Crippen LogP contribution in [0, 0.1) is 11.3 Å². The van der Waals surface area contributed by atoms with Crippen LogP contribution in [0.1, 0.15) is 39.3 Å². The first kappa shape index (κ1) is 30.1. The Morgan fingerprint density at radius 3 is 2.66 bits per heavy atom. The Morgan fingerprint density at radius 1 is 1.24 bits per heavy atom. The summed E-state index contributed by atoms with van der Waals surface area (Å²) < 4.78 is 15.4. The van der Waals surface area contributed by atoms with Gasteiger partial charge in [0.25, 0.3) is 5.91 Å². The van der Waals surface area contributed by atoms with Crippen molar-refractivity contribution >= 4 is 63.8 Å². The van der Waals surface area contributed by atoms with Crippen molar-refractivity contribution in [1.29, 1.82) is 0 Å². The lowest BCUT2D eigenvalue weighted by molar-refractivity contribution is -0.174. The Bertz CT molecular complexity index is 1290. The predicted octanol–water partition coefficient (Wildman–Crippen LogP) is 1.08. The van der Waals surface area contributed by atoms with Crippen LogP contribution in [0.5, 0.6) is 0 Å². The molecule has 4 rings (SSSR count). The smallest absolute Gasteiger partial charge is 0.411 e. The van der Waals surface area contributed by atoms with Crippen LogP contribution in [0.2, 0.25) is 0 Å². The number of hydrogen-bond acceptors (Lipinski definition) is 14. The number of fused-ring (bicyclic) bond motifs is 1. The van der Waals surface area contributed by atoms with E-state index in [-0.39, 0.29) is 28.8 Å². The van der Waals surface area contributed by atoms with Gasteiger partial charge in [-0.25, -0.2) is 14.6 Å². The minimum atomic E-state index is -0.803. The minimum Gasteiger partial charge on any atom is -0.448 e. The highest BCUT2D eigenvalue weighted by Gasteiger charge is 2.53. The van der Waals surface area contributed by atoms with E-state index < -0.39 is 59.5 Å². The molecule has 1 aromatic heterocycles. The molecule has 1 aromatic rings. The van der Waals surface area contributed by atoms with Gasteiger partial charge in [-0.1, -0.05) is 5.16 Å². The van der Waals surface area contributed by atoms with Gasteiger partial charge >= 0.3 is 18.0 Å². The lowest BCUT2D eigenvalue weighted by Gasteiger charge is -2.48. The molecule has 0 bridgehead atoms. The average Bonchev–Trinajstić information content (AvgIpc) is 3.56. The van der Waals surface area contributed by atoms with Crippen LogP contribution in [0.4, 0.5) is 9.93 Å².